The molecule has 1 nitrogen and oxygen atoms in total. The molecular weight excluding hydrogens is 544 g/mol. The average molecular weight is 582 g/mol. The minimum absolute atomic E-state index is 0.0684. The van der Waals surface area contributed by atoms with Gasteiger partial charge in [-0.2, -0.15) is 0 Å². The Kier molecular flexibility index (Phi) is 4.15. The molecule has 0 unspecified atom stereocenters. The van der Waals surface area contributed by atoms with Gasteiger partial charge in [-0.25, -0.2) is 0 Å². The van der Waals surface area contributed by atoms with E-state index in [9.17, 15) is 1.37 Å². The maximum Gasteiger partial charge on any atom is 0.136 e. The topological polar surface area (TPSA) is 13.1 Å². The van der Waals surface area contributed by atoms with Crippen LogP contribution in [0, 0.1) is 0 Å². The zero-order valence-electron chi connectivity index (χ0n) is 32.9. The van der Waals surface area contributed by atoms with Gasteiger partial charge >= 0.3 is 0 Å². The third-order valence-electron chi connectivity index (χ3n) is 8.52. The van der Waals surface area contributed by atoms with E-state index in [1.165, 1.54) is 0 Å². The predicted octanol–water partition coefficient (Wildman–Crippen LogP) is 12.6. The zero-order chi connectivity index (χ0) is 37.6. The van der Waals surface area contributed by atoms with Gasteiger partial charge in [0.2, 0.25) is 0 Å². The molecule has 0 atom stereocenters. The Bertz CT molecular complexity index is 2950. The molecule has 0 bridgehead atoms. The molecule has 0 N–H and O–H groups in total. The number of benzene rings is 8. The van der Waals surface area contributed by atoms with E-state index in [-0.39, 0.29) is 35.8 Å². The van der Waals surface area contributed by atoms with Crippen LogP contribution in [0.5, 0.6) is 0 Å². The van der Waals surface area contributed by atoms with E-state index < -0.39 is 18.1 Å². The molecule has 0 saturated heterocycles. The summed E-state index contributed by atoms with van der Waals surface area (Å²) in [6.45, 7) is 0. The van der Waals surface area contributed by atoms with Crippen molar-refractivity contribution in [2.24, 2.45) is 0 Å². The van der Waals surface area contributed by atoms with Gasteiger partial charge in [0.25, 0.3) is 0 Å². The fraction of sp³-hybridized carbons (Fsp3) is 0. The molecule has 0 aliphatic heterocycles. The molecule has 0 aliphatic carbocycles. The van der Waals surface area contributed by atoms with Gasteiger partial charge in [-0.1, -0.05) is 158 Å². The van der Waals surface area contributed by atoms with E-state index in [1.54, 1.807) is 42.5 Å². The Morgan fingerprint density at radius 3 is 1.69 bits per heavy atom. The second-order valence-corrected chi connectivity index (χ2v) is 10.9. The largest absolute Gasteiger partial charge is 0.456 e. The Hall–Kier alpha value is -5.92. The van der Waals surface area contributed by atoms with Gasteiger partial charge in [0.15, 0.2) is 0 Å². The van der Waals surface area contributed by atoms with E-state index in [2.05, 4.69) is 0 Å². The van der Waals surface area contributed by atoms with E-state index in [1.807, 2.05) is 72.8 Å². The van der Waals surface area contributed by atoms with Gasteiger partial charge in [-0.05, 0) is 72.6 Å². The van der Waals surface area contributed by atoms with Crippen molar-refractivity contribution in [3.05, 3.63) is 170 Å². The van der Waals surface area contributed by atoms with Gasteiger partial charge < -0.3 is 4.42 Å². The maximum absolute atomic E-state index is 9.35. The summed E-state index contributed by atoms with van der Waals surface area (Å²) in [5, 5.41) is 4.57. The summed E-state index contributed by atoms with van der Waals surface area (Å²) in [7, 11) is 0. The highest BCUT2D eigenvalue weighted by Gasteiger charge is 2.24. The number of hydrogen-bond donors (Lipinski definition) is 0. The lowest BCUT2D eigenvalue weighted by atomic mass is 9.81. The van der Waals surface area contributed by atoms with Crippen molar-refractivity contribution in [1.82, 2.24) is 0 Å². The quantitative estimate of drug-likeness (QED) is 0.188. The summed E-state index contributed by atoms with van der Waals surface area (Å²) in [6.07, 6.45) is 0. The molecule has 0 saturated carbocycles. The minimum Gasteiger partial charge on any atom is -0.456 e. The van der Waals surface area contributed by atoms with Crippen LogP contribution in [-0.2, 0) is 0 Å². The second-order valence-electron chi connectivity index (χ2n) is 10.9. The van der Waals surface area contributed by atoms with Crippen LogP contribution in [-0.4, -0.2) is 0 Å². The molecular formula is C44H28O. The van der Waals surface area contributed by atoms with Crippen molar-refractivity contribution in [3.8, 4) is 44.5 Å². The lowest BCUT2D eigenvalue weighted by Crippen LogP contribution is -1.94. The zero-order valence-corrected chi connectivity index (χ0v) is 23.9. The molecule has 1 aromatic heterocycles. The lowest BCUT2D eigenvalue weighted by Gasteiger charge is -2.21. The number of para-hydroxylation sites is 1. The van der Waals surface area contributed by atoms with Crippen molar-refractivity contribution in [2.45, 2.75) is 0 Å². The highest BCUT2D eigenvalue weighted by Crippen LogP contribution is 2.50. The summed E-state index contributed by atoms with van der Waals surface area (Å²) in [5.41, 5.74) is 5.57. The van der Waals surface area contributed by atoms with E-state index in [4.69, 9.17) is 15.4 Å². The molecule has 45 heavy (non-hydrogen) atoms. The number of rotatable bonds is 4. The normalized spacial score (nSPS) is 14.4. The van der Waals surface area contributed by atoms with Crippen LogP contribution in [0.25, 0.3) is 88.0 Å². The summed E-state index contributed by atoms with van der Waals surface area (Å²) in [4.78, 5) is 0. The number of hydrogen-bond acceptors (Lipinski definition) is 1. The molecule has 9 rings (SSSR count). The van der Waals surface area contributed by atoms with Crippen LogP contribution >= 0.6 is 0 Å². The fourth-order valence-corrected chi connectivity index (χ4v) is 6.67. The Morgan fingerprint density at radius 2 is 0.978 bits per heavy atom. The van der Waals surface area contributed by atoms with Crippen LogP contribution in [0.4, 0.5) is 0 Å². The van der Waals surface area contributed by atoms with Crippen LogP contribution < -0.4 is 0 Å². The van der Waals surface area contributed by atoms with Crippen molar-refractivity contribution in [3.63, 3.8) is 0 Å². The van der Waals surface area contributed by atoms with E-state index in [0.717, 1.165) is 37.9 Å². The monoisotopic (exact) mass is 581 g/mol. The van der Waals surface area contributed by atoms with Gasteiger partial charge in [-0.15, -0.1) is 0 Å². The van der Waals surface area contributed by atoms with Gasteiger partial charge in [0.05, 0.1) is 12.3 Å². The third kappa shape index (κ3) is 4.02. The van der Waals surface area contributed by atoms with Crippen molar-refractivity contribution in [2.75, 3.05) is 0 Å². The number of fused-ring (bicyclic) bond motifs is 5. The van der Waals surface area contributed by atoms with Crippen LogP contribution in [0.2, 0.25) is 0 Å². The molecule has 210 valence electrons. The van der Waals surface area contributed by atoms with E-state index >= 15 is 0 Å². The Balaban J connectivity index is 1.51. The molecule has 9 aromatic rings. The molecule has 0 spiro atoms. The average Bonchev–Trinajstić information content (AvgIpc) is 3.57. The summed E-state index contributed by atoms with van der Waals surface area (Å²) in [6, 6.07) is 33.2. The smallest absolute Gasteiger partial charge is 0.136 e. The Morgan fingerprint density at radius 1 is 0.356 bits per heavy atom. The standard InChI is InChI=1S/C44H28O/c1-3-15-29(16-4-1)31-19-7-8-20-33(31)41-34-21-9-11-23-36(34)42(37-24-12-10-22-35(37)41)44-32(30-17-5-2-6-18-30)27-28-40-43(44)38-25-13-14-26-39(38)45-40/h1-28H/i1D,2D,5D,6D,7D,8D,17D,18D,20D. The molecule has 1 heteroatoms. The summed E-state index contributed by atoms with van der Waals surface area (Å²) < 4.78 is 84.8. The molecule has 0 aliphatic rings. The SMILES string of the molecule is [2H]c1ccc(-c2cc([2H])c([2H])c([2H])c2-c2c3ccccc3c(-c3c(-c4c([2H])c([2H])c([2H])c([2H])c4[2H])ccc4oc5ccccc5c34)c3ccccc23)cc1. The molecule has 0 fully saturated rings. The highest BCUT2D eigenvalue weighted by molar-refractivity contribution is 6.28. The predicted molar refractivity (Wildman–Crippen MR) is 190 cm³/mol. The lowest BCUT2D eigenvalue weighted by molar-refractivity contribution is 0.669. The Labute approximate surface area is 274 Å². The van der Waals surface area contributed by atoms with Gasteiger partial charge in [0.1, 0.15) is 11.2 Å². The maximum atomic E-state index is 9.35. The highest BCUT2D eigenvalue weighted by atomic mass is 16.3. The fourth-order valence-electron chi connectivity index (χ4n) is 6.67. The molecule has 1 heterocycles. The summed E-state index contributed by atoms with van der Waals surface area (Å²) in [5.74, 6) is 0. The molecule has 8 aromatic carbocycles. The van der Waals surface area contributed by atoms with Gasteiger partial charge in [-0.3, -0.25) is 0 Å². The number of furan rings is 1. The van der Waals surface area contributed by atoms with Crippen molar-refractivity contribution < 1.29 is 16.8 Å². The third-order valence-corrected chi connectivity index (χ3v) is 8.52. The molecule has 0 radical (unpaired) electrons. The van der Waals surface area contributed by atoms with Crippen molar-refractivity contribution >= 4 is 43.5 Å². The summed E-state index contributed by atoms with van der Waals surface area (Å²) >= 11 is 0. The van der Waals surface area contributed by atoms with Crippen LogP contribution in [0.15, 0.2) is 174 Å². The molecule has 0 amide bonds. The van der Waals surface area contributed by atoms with Gasteiger partial charge in [0, 0.05) is 16.3 Å². The second kappa shape index (κ2) is 10.4. The van der Waals surface area contributed by atoms with Crippen molar-refractivity contribution in [1.29, 1.82) is 0 Å². The first kappa shape index (κ1) is 18.0. The van der Waals surface area contributed by atoms with Crippen LogP contribution in [0.3, 0.4) is 0 Å². The van der Waals surface area contributed by atoms with E-state index in [0.29, 0.717) is 50.6 Å². The first-order chi connectivity index (χ1) is 26.1. The van der Waals surface area contributed by atoms with Crippen LogP contribution in [0.1, 0.15) is 12.3 Å². The minimum atomic E-state index is -0.475. The first-order valence-electron chi connectivity index (χ1n) is 19.2. The first-order valence-corrected chi connectivity index (χ1v) is 14.7.